The first kappa shape index (κ1) is 25.4. The number of H-pyrrole nitrogens is 1. The van der Waals surface area contributed by atoms with Gasteiger partial charge in [0.15, 0.2) is 5.69 Å². The van der Waals surface area contributed by atoms with Crippen LogP contribution in [0, 0.1) is 5.82 Å². The number of nitrogens with one attached hydrogen (secondary N) is 2. The Morgan fingerprint density at radius 2 is 1.69 bits per heavy atom. The van der Waals surface area contributed by atoms with E-state index in [1.807, 2.05) is 0 Å². The summed E-state index contributed by atoms with van der Waals surface area (Å²) in [5, 5.41) is 2.74. The molecule has 0 spiro atoms. The van der Waals surface area contributed by atoms with Crippen LogP contribution in [0.2, 0.25) is 16.6 Å². The van der Waals surface area contributed by atoms with Crippen molar-refractivity contribution in [2.45, 2.75) is 70.6 Å². The van der Waals surface area contributed by atoms with Crippen LogP contribution in [0.3, 0.4) is 0 Å². The summed E-state index contributed by atoms with van der Waals surface area (Å²) < 4.78 is 19.8. The average Bonchev–Trinajstić information content (AvgIpc) is 2.72. The zero-order valence-corrected chi connectivity index (χ0v) is 20.4. The first-order chi connectivity index (χ1) is 15.0. The zero-order valence-electron chi connectivity index (χ0n) is 19.4. The highest BCUT2D eigenvalue weighted by Crippen LogP contribution is 2.42. The molecular formula is C23H32FN3O4Si. The van der Waals surface area contributed by atoms with Crippen molar-refractivity contribution in [1.29, 1.82) is 0 Å². The predicted octanol–water partition coefficient (Wildman–Crippen LogP) is 4.52. The normalized spacial score (nSPS) is 12.8. The van der Waals surface area contributed by atoms with Gasteiger partial charge in [-0.05, 0) is 34.3 Å². The molecular weight excluding hydrogens is 429 g/mol. The van der Waals surface area contributed by atoms with Crippen LogP contribution < -0.4 is 15.3 Å². The van der Waals surface area contributed by atoms with Crippen molar-refractivity contribution >= 4 is 20.5 Å². The van der Waals surface area contributed by atoms with Gasteiger partial charge in [-0.2, -0.15) is 0 Å². The summed E-state index contributed by atoms with van der Waals surface area (Å²) in [7, 11) is -2.54. The number of aromatic amines is 1. The monoisotopic (exact) mass is 461 g/mol. The molecule has 1 unspecified atom stereocenters. The topological polar surface area (TPSA) is 101 Å². The Morgan fingerprint density at radius 3 is 2.19 bits per heavy atom. The molecule has 0 saturated carbocycles. The van der Waals surface area contributed by atoms with E-state index in [4.69, 9.17) is 4.43 Å². The van der Waals surface area contributed by atoms with Crippen LogP contribution in [0.1, 0.15) is 70.1 Å². The van der Waals surface area contributed by atoms with Crippen LogP contribution in [-0.2, 0) is 4.79 Å². The van der Waals surface area contributed by atoms with Gasteiger partial charge >= 0.3 is 0 Å². The molecule has 32 heavy (non-hydrogen) atoms. The second-order valence-corrected chi connectivity index (χ2v) is 14.2. The van der Waals surface area contributed by atoms with Crippen molar-refractivity contribution in [2.24, 2.45) is 0 Å². The number of hydrogen-bond acceptors (Lipinski definition) is 5. The molecule has 0 radical (unpaired) electrons. The second-order valence-electron chi connectivity index (χ2n) is 8.81. The van der Waals surface area contributed by atoms with Crippen LogP contribution in [-0.4, -0.2) is 30.5 Å². The summed E-state index contributed by atoms with van der Waals surface area (Å²) in [6.45, 7) is 12.4. The van der Waals surface area contributed by atoms with Crippen LogP contribution in [0.25, 0.3) is 0 Å². The van der Waals surface area contributed by atoms with E-state index < -0.39 is 31.6 Å². The highest BCUT2D eigenvalue weighted by Gasteiger charge is 2.48. The lowest BCUT2D eigenvalue weighted by atomic mass is 10.0. The van der Waals surface area contributed by atoms with Crippen LogP contribution >= 0.6 is 0 Å². The molecule has 0 aliphatic carbocycles. The minimum atomic E-state index is -2.54. The summed E-state index contributed by atoms with van der Waals surface area (Å²) in [6.07, 6.45) is 1.81. The Balaban J connectivity index is 2.47. The van der Waals surface area contributed by atoms with Gasteiger partial charge in [-0.1, -0.05) is 53.7 Å². The fourth-order valence-electron chi connectivity index (χ4n) is 4.47. The lowest BCUT2D eigenvalue weighted by Crippen LogP contribution is -2.52. The first-order valence-electron chi connectivity index (χ1n) is 10.8. The van der Waals surface area contributed by atoms with Crippen molar-refractivity contribution in [1.82, 2.24) is 15.3 Å². The number of aldehydes is 1. The number of aromatic nitrogens is 2. The van der Waals surface area contributed by atoms with E-state index in [0.29, 0.717) is 11.8 Å². The van der Waals surface area contributed by atoms with E-state index in [9.17, 15) is 18.8 Å². The molecule has 0 saturated heterocycles. The Labute approximate surface area is 188 Å². The Hall–Kier alpha value is -2.81. The van der Waals surface area contributed by atoms with Gasteiger partial charge in [0.1, 0.15) is 12.1 Å². The van der Waals surface area contributed by atoms with E-state index >= 15 is 0 Å². The number of carbonyl (C=O) groups is 2. The number of rotatable bonds is 10. The fraction of sp³-hybridized carbons (Fsp3) is 0.478. The van der Waals surface area contributed by atoms with E-state index in [0.717, 1.165) is 6.33 Å². The number of nitrogens with zero attached hydrogens (tertiary/aromatic N) is 1. The van der Waals surface area contributed by atoms with Crippen molar-refractivity contribution in [3.05, 3.63) is 58.0 Å². The maximum atomic E-state index is 13.3. The molecule has 2 aromatic rings. The molecule has 1 aromatic heterocycles. The van der Waals surface area contributed by atoms with Gasteiger partial charge in [-0.3, -0.25) is 9.59 Å². The van der Waals surface area contributed by atoms with Gasteiger partial charge in [-0.15, -0.1) is 0 Å². The number of benzene rings is 1. The van der Waals surface area contributed by atoms with E-state index in [2.05, 4.69) is 56.8 Å². The third kappa shape index (κ3) is 5.32. The first-order valence-corrected chi connectivity index (χ1v) is 12.9. The molecule has 2 rings (SSSR count). The number of hydrogen-bond donors (Lipinski definition) is 2. The van der Waals surface area contributed by atoms with Gasteiger partial charge in [0.05, 0.1) is 12.4 Å². The average molecular weight is 462 g/mol. The lowest BCUT2D eigenvalue weighted by Gasteiger charge is -2.42. The Kier molecular flexibility index (Phi) is 8.49. The Morgan fingerprint density at radius 1 is 1.12 bits per heavy atom. The molecule has 0 aliphatic rings. The van der Waals surface area contributed by atoms with Crippen molar-refractivity contribution in [2.75, 3.05) is 0 Å². The standard InChI is InChI=1S/C23H32FN3O4Si/c1-14(2)32(15(3)4,16(5)6)31-21-20(25-13-26-23(21)30)22(29)27-19(11-12-28)17-7-9-18(24)10-8-17/h7-10,12-16,19H,11H2,1-6H3,(H,27,29)(H,25,26,30). The molecule has 9 heteroatoms. The maximum absolute atomic E-state index is 13.3. The van der Waals surface area contributed by atoms with E-state index in [1.54, 1.807) is 0 Å². The molecule has 1 aromatic carbocycles. The predicted molar refractivity (Wildman–Crippen MR) is 124 cm³/mol. The molecule has 0 fully saturated rings. The maximum Gasteiger partial charge on any atom is 0.292 e. The molecule has 1 amide bonds. The summed E-state index contributed by atoms with van der Waals surface area (Å²) >= 11 is 0. The summed E-state index contributed by atoms with van der Waals surface area (Å²) in [5.74, 6) is -1.16. The SMILES string of the molecule is CC(C)[Si](Oc1c(C(=O)NC(CC=O)c2ccc(F)cc2)nc[nH]c1=O)(C(C)C)C(C)C. The molecule has 7 nitrogen and oxygen atoms in total. The molecule has 2 N–H and O–H groups in total. The van der Waals surface area contributed by atoms with Crippen molar-refractivity contribution in [3.63, 3.8) is 0 Å². The van der Waals surface area contributed by atoms with E-state index in [1.165, 1.54) is 24.3 Å². The Bertz CT molecular complexity index is 968. The van der Waals surface area contributed by atoms with Crippen LogP contribution in [0.15, 0.2) is 35.4 Å². The quantitative estimate of drug-likeness (QED) is 0.400. The third-order valence-corrected chi connectivity index (χ3v) is 11.9. The summed E-state index contributed by atoms with van der Waals surface area (Å²) in [5.41, 5.74) is 0.442. The van der Waals surface area contributed by atoms with Gasteiger partial charge in [0, 0.05) is 6.42 Å². The van der Waals surface area contributed by atoms with Gasteiger partial charge in [0.25, 0.3) is 19.8 Å². The molecule has 0 aliphatic heterocycles. The second kappa shape index (κ2) is 10.7. The lowest BCUT2D eigenvalue weighted by molar-refractivity contribution is -0.108. The minimum absolute atomic E-state index is 0.0145. The van der Waals surface area contributed by atoms with E-state index in [-0.39, 0.29) is 34.5 Å². The van der Waals surface area contributed by atoms with Crippen molar-refractivity contribution < 1.29 is 18.4 Å². The highest BCUT2D eigenvalue weighted by atomic mass is 28.4. The van der Waals surface area contributed by atoms with Crippen molar-refractivity contribution in [3.8, 4) is 5.75 Å². The van der Waals surface area contributed by atoms with Crippen LogP contribution in [0.5, 0.6) is 5.75 Å². The number of carbonyl (C=O) groups excluding carboxylic acids is 2. The minimum Gasteiger partial charge on any atom is -0.537 e. The highest BCUT2D eigenvalue weighted by molar-refractivity contribution is 6.78. The summed E-state index contributed by atoms with van der Waals surface area (Å²) in [4.78, 5) is 43.7. The number of amides is 1. The molecule has 1 heterocycles. The van der Waals surface area contributed by atoms with Crippen LogP contribution in [0.4, 0.5) is 4.39 Å². The smallest absolute Gasteiger partial charge is 0.292 e. The fourth-order valence-corrected chi connectivity index (χ4v) is 9.72. The molecule has 1 atom stereocenters. The zero-order chi connectivity index (χ0) is 24.1. The summed E-state index contributed by atoms with van der Waals surface area (Å²) in [6, 6.07) is 4.82. The number of halogens is 1. The third-order valence-electron chi connectivity index (χ3n) is 5.92. The largest absolute Gasteiger partial charge is 0.537 e. The molecule has 174 valence electrons. The van der Waals surface area contributed by atoms with Gasteiger partial charge in [0.2, 0.25) is 5.75 Å². The van der Waals surface area contributed by atoms with Gasteiger partial charge in [-0.25, -0.2) is 9.37 Å². The molecule has 0 bridgehead atoms. The van der Waals surface area contributed by atoms with Gasteiger partial charge < -0.3 is 19.5 Å².